The van der Waals surface area contributed by atoms with Crippen LogP contribution in [0.1, 0.15) is 56.5 Å². The van der Waals surface area contributed by atoms with Gasteiger partial charge in [-0.05, 0) is 57.2 Å². The first kappa shape index (κ1) is 19.3. The molecule has 0 aliphatic carbocycles. The van der Waals surface area contributed by atoms with Crippen LogP contribution in [0.5, 0.6) is 0 Å². The number of amides is 1. The molecule has 1 aliphatic rings. The maximum Gasteiger partial charge on any atom is 0.251 e. The standard InChI is InChI=1S/C20H32N4O/c1-15-9-11-24(12-10-15)19(21-5)22-14-16-7-6-8-17(13-16)18(25)23-20(2,3)4/h6-8,13,15H,9-12,14H2,1-5H3,(H,21,22)(H,23,25). The van der Waals surface area contributed by atoms with Crippen molar-refractivity contribution in [1.29, 1.82) is 0 Å². The third-order valence-corrected chi connectivity index (χ3v) is 4.42. The summed E-state index contributed by atoms with van der Waals surface area (Å²) in [4.78, 5) is 19.0. The number of hydrogen-bond donors (Lipinski definition) is 2. The van der Waals surface area contributed by atoms with Gasteiger partial charge in [0.15, 0.2) is 5.96 Å². The van der Waals surface area contributed by atoms with Crippen molar-refractivity contribution in [1.82, 2.24) is 15.5 Å². The molecular weight excluding hydrogens is 312 g/mol. The molecule has 0 atom stereocenters. The number of nitrogens with zero attached hydrogens (tertiary/aromatic N) is 2. The minimum Gasteiger partial charge on any atom is -0.352 e. The summed E-state index contributed by atoms with van der Waals surface area (Å²) >= 11 is 0. The number of rotatable bonds is 3. The Morgan fingerprint density at radius 3 is 2.56 bits per heavy atom. The van der Waals surface area contributed by atoms with E-state index in [1.165, 1.54) is 12.8 Å². The van der Waals surface area contributed by atoms with Gasteiger partial charge in [0.05, 0.1) is 0 Å². The molecular formula is C20H32N4O. The first-order valence-corrected chi connectivity index (χ1v) is 9.15. The smallest absolute Gasteiger partial charge is 0.251 e. The van der Waals surface area contributed by atoms with Crippen LogP contribution in [0.2, 0.25) is 0 Å². The Labute approximate surface area is 151 Å². The van der Waals surface area contributed by atoms with E-state index in [-0.39, 0.29) is 11.4 Å². The van der Waals surface area contributed by atoms with Crippen LogP contribution in [0.3, 0.4) is 0 Å². The molecule has 0 saturated carbocycles. The largest absolute Gasteiger partial charge is 0.352 e. The molecule has 1 aromatic rings. The zero-order valence-electron chi connectivity index (χ0n) is 16.2. The minimum absolute atomic E-state index is 0.0382. The van der Waals surface area contributed by atoms with E-state index >= 15 is 0 Å². The summed E-state index contributed by atoms with van der Waals surface area (Å²) < 4.78 is 0. The number of aliphatic imine (C=N–C) groups is 1. The number of nitrogens with one attached hydrogen (secondary N) is 2. The van der Waals surface area contributed by atoms with Crippen molar-refractivity contribution in [2.24, 2.45) is 10.9 Å². The van der Waals surface area contributed by atoms with Crippen LogP contribution in [-0.2, 0) is 6.54 Å². The monoisotopic (exact) mass is 344 g/mol. The van der Waals surface area contributed by atoms with Crippen LogP contribution in [0, 0.1) is 5.92 Å². The van der Waals surface area contributed by atoms with E-state index in [9.17, 15) is 4.79 Å². The van der Waals surface area contributed by atoms with E-state index in [1.54, 1.807) is 0 Å². The lowest BCUT2D eigenvalue weighted by Gasteiger charge is -2.33. The summed E-state index contributed by atoms with van der Waals surface area (Å²) in [6.45, 7) is 11.0. The van der Waals surface area contributed by atoms with Gasteiger partial charge in [0.1, 0.15) is 0 Å². The topological polar surface area (TPSA) is 56.7 Å². The van der Waals surface area contributed by atoms with Gasteiger partial charge in [-0.2, -0.15) is 0 Å². The van der Waals surface area contributed by atoms with Crippen LogP contribution in [0.15, 0.2) is 29.3 Å². The minimum atomic E-state index is -0.237. The molecule has 5 nitrogen and oxygen atoms in total. The molecule has 0 bridgehead atoms. The second kappa shape index (κ2) is 8.37. The molecule has 0 unspecified atom stereocenters. The van der Waals surface area contributed by atoms with Crippen LogP contribution >= 0.6 is 0 Å². The zero-order chi connectivity index (χ0) is 18.4. The lowest BCUT2D eigenvalue weighted by molar-refractivity contribution is 0.0919. The maximum atomic E-state index is 12.3. The summed E-state index contributed by atoms with van der Waals surface area (Å²) in [5.74, 6) is 1.70. The molecule has 0 spiro atoms. The quantitative estimate of drug-likeness (QED) is 0.655. The van der Waals surface area contributed by atoms with Crippen molar-refractivity contribution in [2.75, 3.05) is 20.1 Å². The van der Waals surface area contributed by atoms with Crippen molar-refractivity contribution in [3.8, 4) is 0 Å². The van der Waals surface area contributed by atoms with Crippen LogP contribution in [-0.4, -0.2) is 42.4 Å². The van der Waals surface area contributed by atoms with Crippen molar-refractivity contribution < 1.29 is 4.79 Å². The highest BCUT2D eigenvalue weighted by atomic mass is 16.1. The van der Waals surface area contributed by atoms with Gasteiger partial charge >= 0.3 is 0 Å². The second-order valence-electron chi connectivity index (χ2n) is 7.97. The second-order valence-corrected chi connectivity index (χ2v) is 7.97. The van der Waals surface area contributed by atoms with Crippen molar-refractivity contribution in [3.05, 3.63) is 35.4 Å². The highest BCUT2D eigenvalue weighted by Crippen LogP contribution is 2.16. The Bertz CT molecular complexity index is 610. The number of guanidine groups is 1. The number of hydrogen-bond acceptors (Lipinski definition) is 2. The molecule has 1 aromatic carbocycles. The number of piperidine rings is 1. The van der Waals surface area contributed by atoms with E-state index in [4.69, 9.17) is 0 Å². The molecule has 25 heavy (non-hydrogen) atoms. The fraction of sp³-hybridized carbons (Fsp3) is 0.600. The highest BCUT2D eigenvalue weighted by Gasteiger charge is 2.19. The average Bonchev–Trinajstić information content (AvgIpc) is 2.55. The van der Waals surface area contributed by atoms with Gasteiger partial charge in [0.25, 0.3) is 5.91 Å². The molecule has 1 aliphatic heterocycles. The Morgan fingerprint density at radius 1 is 1.28 bits per heavy atom. The Kier molecular flexibility index (Phi) is 6.45. The molecule has 1 fully saturated rings. The Morgan fingerprint density at radius 2 is 1.96 bits per heavy atom. The number of benzene rings is 1. The van der Waals surface area contributed by atoms with E-state index in [0.29, 0.717) is 12.1 Å². The van der Waals surface area contributed by atoms with Gasteiger partial charge in [-0.25, -0.2) is 0 Å². The van der Waals surface area contributed by atoms with Gasteiger partial charge in [-0.3, -0.25) is 9.79 Å². The molecule has 0 aromatic heterocycles. The van der Waals surface area contributed by atoms with Gasteiger partial charge in [-0.15, -0.1) is 0 Å². The van der Waals surface area contributed by atoms with E-state index in [1.807, 2.05) is 52.1 Å². The van der Waals surface area contributed by atoms with Crippen molar-refractivity contribution >= 4 is 11.9 Å². The first-order chi connectivity index (χ1) is 11.8. The molecule has 1 heterocycles. The lowest BCUT2D eigenvalue weighted by atomic mass is 9.99. The first-order valence-electron chi connectivity index (χ1n) is 9.15. The number of likely N-dealkylation sites (tertiary alicyclic amines) is 1. The normalized spacial score (nSPS) is 16.7. The summed E-state index contributed by atoms with van der Waals surface area (Å²) in [5, 5.41) is 6.43. The summed E-state index contributed by atoms with van der Waals surface area (Å²) in [5.41, 5.74) is 1.53. The fourth-order valence-electron chi connectivity index (χ4n) is 2.97. The average molecular weight is 345 g/mol. The third kappa shape index (κ3) is 6.07. The number of carbonyl (C=O) groups is 1. The van der Waals surface area contributed by atoms with Crippen molar-refractivity contribution in [2.45, 2.75) is 52.6 Å². The molecule has 2 N–H and O–H groups in total. The predicted molar refractivity (Wildman–Crippen MR) is 104 cm³/mol. The maximum absolute atomic E-state index is 12.3. The van der Waals surface area contributed by atoms with E-state index < -0.39 is 0 Å². The zero-order valence-corrected chi connectivity index (χ0v) is 16.2. The fourth-order valence-corrected chi connectivity index (χ4v) is 2.97. The molecule has 5 heteroatoms. The summed E-state index contributed by atoms with van der Waals surface area (Å²) in [6, 6.07) is 7.76. The molecule has 2 rings (SSSR count). The van der Waals surface area contributed by atoms with E-state index in [0.717, 1.165) is 30.5 Å². The molecule has 0 radical (unpaired) electrons. The predicted octanol–water partition coefficient (Wildman–Crippen LogP) is 3.02. The lowest BCUT2D eigenvalue weighted by Crippen LogP contribution is -2.45. The van der Waals surface area contributed by atoms with Crippen molar-refractivity contribution in [3.63, 3.8) is 0 Å². The van der Waals surface area contributed by atoms with Gasteiger partial charge < -0.3 is 15.5 Å². The summed E-state index contributed by atoms with van der Waals surface area (Å²) in [7, 11) is 1.83. The third-order valence-electron chi connectivity index (χ3n) is 4.42. The van der Waals surface area contributed by atoms with Gasteiger partial charge in [0.2, 0.25) is 0 Å². The number of carbonyl (C=O) groups excluding carboxylic acids is 1. The highest BCUT2D eigenvalue weighted by molar-refractivity contribution is 5.94. The van der Waals surface area contributed by atoms with Crippen LogP contribution in [0.4, 0.5) is 0 Å². The molecule has 138 valence electrons. The Hall–Kier alpha value is -2.04. The van der Waals surface area contributed by atoms with Crippen LogP contribution in [0.25, 0.3) is 0 Å². The molecule has 1 amide bonds. The van der Waals surface area contributed by atoms with E-state index in [2.05, 4.69) is 27.4 Å². The molecule has 1 saturated heterocycles. The Balaban J connectivity index is 1.96. The van der Waals surface area contributed by atoms with Gasteiger partial charge in [0, 0.05) is 37.8 Å². The SMILES string of the molecule is CN=C(NCc1cccc(C(=O)NC(C)(C)C)c1)N1CCC(C)CC1. The van der Waals surface area contributed by atoms with Crippen LogP contribution < -0.4 is 10.6 Å². The summed E-state index contributed by atoms with van der Waals surface area (Å²) in [6.07, 6.45) is 2.42. The van der Waals surface area contributed by atoms with Gasteiger partial charge in [-0.1, -0.05) is 19.1 Å².